The molecule has 0 saturated carbocycles. The van der Waals surface area contributed by atoms with Crippen LogP contribution in [0, 0.1) is 13.8 Å². The van der Waals surface area contributed by atoms with E-state index in [0.717, 1.165) is 31.8 Å². The summed E-state index contributed by atoms with van der Waals surface area (Å²) in [5.41, 5.74) is 8.77. The van der Waals surface area contributed by atoms with E-state index in [-0.39, 0.29) is 6.10 Å². The molecule has 0 fully saturated rings. The lowest BCUT2D eigenvalue weighted by Crippen LogP contribution is -2.27. The van der Waals surface area contributed by atoms with Crippen molar-refractivity contribution in [3.63, 3.8) is 0 Å². The number of aromatic nitrogens is 2. The Morgan fingerprint density at radius 3 is 2.92 bits per heavy atom. The number of hydrogen-bond donors (Lipinski definition) is 2. The van der Waals surface area contributed by atoms with Crippen LogP contribution in [0.15, 0.2) is 48.7 Å². The summed E-state index contributed by atoms with van der Waals surface area (Å²) < 4.78 is 5.98. The van der Waals surface area contributed by atoms with Crippen molar-refractivity contribution in [2.45, 2.75) is 32.9 Å². The molecule has 0 radical (unpaired) electrons. The van der Waals surface area contributed by atoms with Crippen LogP contribution in [0.1, 0.15) is 33.9 Å². The maximum absolute atomic E-state index is 5.98. The van der Waals surface area contributed by atoms with E-state index in [1.165, 1.54) is 33.4 Å². The zero-order valence-electron chi connectivity index (χ0n) is 15.4. The topological polar surface area (TPSA) is 49.9 Å². The lowest BCUT2D eigenvalue weighted by molar-refractivity contribution is 0.0423. The number of aryl methyl sites for hydroxylation is 2. The van der Waals surface area contributed by atoms with Crippen molar-refractivity contribution in [3.8, 4) is 11.3 Å². The van der Waals surface area contributed by atoms with Crippen LogP contribution in [0.4, 0.5) is 0 Å². The number of aromatic amines is 1. The number of rotatable bonds is 5. The van der Waals surface area contributed by atoms with Crippen molar-refractivity contribution < 1.29 is 4.74 Å². The van der Waals surface area contributed by atoms with E-state index in [1.54, 1.807) is 0 Å². The summed E-state index contributed by atoms with van der Waals surface area (Å²) in [5, 5.41) is 11.0. The first-order valence-electron chi connectivity index (χ1n) is 9.22. The normalized spacial score (nSPS) is 16.5. The molecule has 4 nitrogen and oxygen atoms in total. The first-order valence-corrected chi connectivity index (χ1v) is 9.22. The van der Waals surface area contributed by atoms with Gasteiger partial charge in [-0.25, -0.2) is 0 Å². The molecular weight excluding hydrogens is 322 g/mol. The molecule has 1 aromatic heterocycles. The largest absolute Gasteiger partial charge is 0.372 e. The molecule has 1 atom stereocenters. The Morgan fingerprint density at radius 2 is 2.04 bits per heavy atom. The van der Waals surface area contributed by atoms with Gasteiger partial charge in [-0.15, -0.1) is 0 Å². The van der Waals surface area contributed by atoms with Crippen LogP contribution in [-0.4, -0.2) is 23.3 Å². The molecule has 2 aromatic carbocycles. The van der Waals surface area contributed by atoms with E-state index < -0.39 is 0 Å². The zero-order valence-corrected chi connectivity index (χ0v) is 15.4. The fourth-order valence-corrected chi connectivity index (χ4v) is 3.58. The highest BCUT2D eigenvalue weighted by molar-refractivity contribution is 5.64. The van der Waals surface area contributed by atoms with Gasteiger partial charge in [-0.1, -0.05) is 36.4 Å². The molecule has 0 bridgehead atoms. The number of ether oxygens (including phenoxy) is 1. The molecule has 4 rings (SSSR count). The Bertz CT molecular complexity index is 900. The number of fused-ring (bicyclic) bond motifs is 1. The maximum Gasteiger partial charge on any atom is 0.0952 e. The SMILES string of the molecule is Cc1ccc(-c2[nH]ncc2CNC[C@H]2OCCc3ccccc32)cc1C. The summed E-state index contributed by atoms with van der Waals surface area (Å²) in [6.45, 7) is 6.64. The number of benzene rings is 2. The number of hydrogen-bond acceptors (Lipinski definition) is 3. The quantitative estimate of drug-likeness (QED) is 0.731. The standard InChI is InChI=1S/C22H25N3O/c1-15-7-8-18(11-16(15)2)22-19(13-24-25-22)12-23-14-21-20-6-4-3-5-17(20)9-10-26-21/h3-8,11,13,21,23H,9-10,12,14H2,1-2H3,(H,24,25)/t21-/m1/s1. The predicted molar refractivity (Wildman–Crippen MR) is 104 cm³/mol. The number of nitrogens with one attached hydrogen (secondary N) is 2. The van der Waals surface area contributed by atoms with Gasteiger partial charge in [0.15, 0.2) is 0 Å². The van der Waals surface area contributed by atoms with E-state index >= 15 is 0 Å². The highest BCUT2D eigenvalue weighted by Crippen LogP contribution is 2.27. The first kappa shape index (κ1) is 17.0. The molecule has 26 heavy (non-hydrogen) atoms. The molecule has 0 saturated heterocycles. The second kappa shape index (κ2) is 7.44. The maximum atomic E-state index is 5.98. The molecule has 0 spiro atoms. The molecule has 4 heteroatoms. The van der Waals surface area contributed by atoms with Gasteiger partial charge < -0.3 is 10.1 Å². The summed E-state index contributed by atoms with van der Waals surface area (Å²) >= 11 is 0. The van der Waals surface area contributed by atoms with Gasteiger partial charge in [0.1, 0.15) is 0 Å². The predicted octanol–water partition coefficient (Wildman–Crippen LogP) is 4.10. The molecular formula is C22H25N3O. The Labute approximate surface area is 154 Å². The van der Waals surface area contributed by atoms with E-state index in [2.05, 4.69) is 71.8 Å². The summed E-state index contributed by atoms with van der Waals surface area (Å²) in [4.78, 5) is 0. The van der Waals surface area contributed by atoms with Crippen LogP contribution in [0.5, 0.6) is 0 Å². The lowest BCUT2D eigenvalue weighted by atomic mass is 9.97. The van der Waals surface area contributed by atoms with E-state index in [1.807, 2.05) is 6.20 Å². The second-order valence-electron chi connectivity index (χ2n) is 7.01. The molecule has 1 aliphatic heterocycles. The van der Waals surface area contributed by atoms with E-state index in [0.29, 0.717) is 0 Å². The second-order valence-corrected chi connectivity index (χ2v) is 7.01. The molecule has 134 valence electrons. The third kappa shape index (κ3) is 3.43. The van der Waals surface area contributed by atoms with Crippen molar-refractivity contribution in [1.29, 1.82) is 0 Å². The highest BCUT2D eigenvalue weighted by Gasteiger charge is 2.20. The molecule has 0 unspecified atom stereocenters. The third-order valence-electron chi connectivity index (χ3n) is 5.25. The smallest absolute Gasteiger partial charge is 0.0952 e. The van der Waals surface area contributed by atoms with Crippen molar-refractivity contribution in [2.24, 2.45) is 0 Å². The zero-order chi connectivity index (χ0) is 17.9. The van der Waals surface area contributed by atoms with Crippen LogP contribution in [-0.2, 0) is 17.7 Å². The Morgan fingerprint density at radius 1 is 1.15 bits per heavy atom. The fourth-order valence-electron chi connectivity index (χ4n) is 3.58. The summed E-state index contributed by atoms with van der Waals surface area (Å²) in [7, 11) is 0. The van der Waals surface area contributed by atoms with Gasteiger partial charge in [0.05, 0.1) is 24.6 Å². The van der Waals surface area contributed by atoms with Crippen LogP contribution < -0.4 is 5.32 Å². The van der Waals surface area contributed by atoms with Crippen molar-refractivity contribution in [3.05, 3.63) is 76.5 Å². The minimum atomic E-state index is 0.122. The van der Waals surface area contributed by atoms with Crippen molar-refractivity contribution >= 4 is 0 Å². The van der Waals surface area contributed by atoms with Gasteiger partial charge in [0.25, 0.3) is 0 Å². The molecule has 2 N–H and O–H groups in total. The minimum Gasteiger partial charge on any atom is -0.372 e. The van der Waals surface area contributed by atoms with Gasteiger partial charge in [0, 0.05) is 24.2 Å². The summed E-state index contributed by atoms with van der Waals surface area (Å²) in [5.74, 6) is 0. The van der Waals surface area contributed by atoms with Crippen LogP contribution >= 0.6 is 0 Å². The molecule has 1 aliphatic rings. The van der Waals surface area contributed by atoms with Crippen LogP contribution in [0.3, 0.4) is 0 Å². The highest BCUT2D eigenvalue weighted by atomic mass is 16.5. The molecule has 2 heterocycles. The van der Waals surface area contributed by atoms with Crippen LogP contribution in [0.25, 0.3) is 11.3 Å². The minimum absolute atomic E-state index is 0.122. The summed E-state index contributed by atoms with van der Waals surface area (Å²) in [6, 6.07) is 15.1. The first-order chi connectivity index (χ1) is 12.7. The van der Waals surface area contributed by atoms with Gasteiger partial charge in [-0.05, 0) is 48.6 Å². The lowest BCUT2D eigenvalue weighted by Gasteiger charge is -2.26. The van der Waals surface area contributed by atoms with Crippen LogP contribution in [0.2, 0.25) is 0 Å². The average molecular weight is 347 g/mol. The average Bonchev–Trinajstić information content (AvgIpc) is 3.13. The third-order valence-corrected chi connectivity index (χ3v) is 5.25. The molecule has 0 amide bonds. The van der Waals surface area contributed by atoms with Crippen molar-refractivity contribution in [2.75, 3.05) is 13.2 Å². The van der Waals surface area contributed by atoms with Gasteiger partial charge in [-0.2, -0.15) is 5.10 Å². The fraction of sp³-hybridized carbons (Fsp3) is 0.318. The Balaban J connectivity index is 1.44. The number of nitrogens with zero attached hydrogens (tertiary/aromatic N) is 1. The monoisotopic (exact) mass is 347 g/mol. The van der Waals surface area contributed by atoms with E-state index in [9.17, 15) is 0 Å². The van der Waals surface area contributed by atoms with Crippen molar-refractivity contribution in [1.82, 2.24) is 15.5 Å². The molecule has 0 aliphatic carbocycles. The molecule has 3 aromatic rings. The van der Waals surface area contributed by atoms with Gasteiger partial charge in [0.2, 0.25) is 0 Å². The number of H-pyrrole nitrogens is 1. The van der Waals surface area contributed by atoms with Gasteiger partial charge >= 0.3 is 0 Å². The van der Waals surface area contributed by atoms with Gasteiger partial charge in [-0.3, -0.25) is 5.10 Å². The Hall–Kier alpha value is -2.43. The Kier molecular flexibility index (Phi) is 4.87. The summed E-state index contributed by atoms with van der Waals surface area (Å²) in [6.07, 6.45) is 3.04. The van der Waals surface area contributed by atoms with E-state index in [4.69, 9.17) is 4.74 Å².